The first-order valence-electron chi connectivity index (χ1n) is 6.85. The molecule has 0 aromatic rings. The van der Waals surface area contributed by atoms with Gasteiger partial charge >= 0.3 is 0 Å². The summed E-state index contributed by atoms with van der Waals surface area (Å²) < 4.78 is 27.0. The molecule has 0 heterocycles. The minimum Gasteiger partial charge on any atom is -0.242 e. The largest absolute Gasteiger partial charge is 0.242 e. The molecule has 2 rings (SSSR count). The third kappa shape index (κ3) is 4.14. The molecule has 0 aliphatic heterocycles. The first kappa shape index (κ1) is 13.7. The fraction of sp³-hybridized carbons (Fsp3) is 1.00. The van der Waals surface area contributed by atoms with Crippen LogP contribution in [0.25, 0.3) is 0 Å². The molecule has 0 bridgehead atoms. The SMILES string of the molecule is O=S(NS(=O)C1CCCCC1)C1CCCCC1. The van der Waals surface area contributed by atoms with Crippen LogP contribution in [0.3, 0.4) is 0 Å². The van der Waals surface area contributed by atoms with Crippen molar-refractivity contribution in [3.8, 4) is 0 Å². The maximum atomic E-state index is 12.1. The molecule has 2 fully saturated rings. The van der Waals surface area contributed by atoms with Crippen LogP contribution < -0.4 is 4.13 Å². The Hall–Kier alpha value is 0.260. The van der Waals surface area contributed by atoms with Crippen molar-refractivity contribution in [2.75, 3.05) is 0 Å². The molecule has 3 nitrogen and oxygen atoms in total. The summed E-state index contributed by atoms with van der Waals surface area (Å²) in [5.74, 6) is 0. The van der Waals surface area contributed by atoms with Gasteiger partial charge in [0.05, 0.1) is 10.5 Å². The summed E-state index contributed by atoms with van der Waals surface area (Å²) in [6.45, 7) is 0. The summed E-state index contributed by atoms with van der Waals surface area (Å²) in [7, 11) is -2.18. The van der Waals surface area contributed by atoms with Crippen LogP contribution in [-0.4, -0.2) is 18.9 Å². The summed E-state index contributed by atoms with van der Waals surface area (Å²) in [5.41, 5.74) is 0. The van der Waals surface area contributed by atoms with Gasteiger partial charge in [0.25, 0.3) is 0 Å². The van der Waals surface area contributed by atoms with Crippen LogP contribution in [0.1, 0.15) is 64.2 Å². The molecule has 2 saturated carbocycles. The molecule has 100 valence electrons. The highest BCUT2D eigenvalue weighted by Gasteiger charge is 2.25. The Balaban J connectivity index is 1.78. The zero-order valence-electron chi connectivity index (χ0n) is 10.4. The molecular weight excluding hydrogens is 254 g/mol. The third-order valence-corrected chi connectivity index (χ3v) is 7.34. The van der Waals surface area contributed by atoms with Crippen molar-refractivity contribution < 1.29 is 8.42 Å². The predicted molar refractivity (Wildman–Crippen MR) is 73.2 cm³/mol. The Morgan fingerprint density at radius 2 is 1.00 bits per heavy atom. The summed E-state index contributed by atoms with van der Waals surface area (Å²) in [6.07, 6.45) is 11.3. The van der Waals surface area contributed by atoms with Crippen molar-refractivity contribution in [2.45, 2.75) is 74.7 Å². The summed E-state index contributed by atoms with van der Waals surface area (Å²) >= 11 is 0. The molecule has 0 aromatic carbocycles. The molecule has 0 spiro atoms. The van der Waals surface area contributed by atoms with Crippen LogP contribution in [0.2, 0.25) is 0 Å². The first-order valence-corrected chi connectivity index (χ1v) is 9.27. The highest BCUT2D eigenvalue weighted by Crippen LogP contribution is 2.24. The van der Waals surface area contributed by atoms with Gasteiger partial charge in [-0.1, -0.05) is 38.5 Å². The lowest BCUT2D eigenvalue weighted by Crippen LogP contribution is -2.36. The Bertz CT molecular complexity index is 256. The molecule has 0 aromatic heterocycles. The molecule has 1 N–H and O–H groups in total. The summed E-state index contributed by atoms with van der Waals surface area (Å²) in [6, 6.07) is 0. The van der Waals surface area contributed by atoms with E-state index in [2.05, 4.69) is 4.13 Å². The van der Waals surface area contributed by atoms with Crippen molar-refractivity contribution in [1.29, 1.82) is 0 Å². The Morgan fingerprint density at radius 3 is 1.35 bits per heavy atom. The second-order valence-electron chi connectivity index (χ2n) is 5.20. The summed E-state index contributed by atoms with van der Waals surface area (Å²) in [5, 5.41) is 0.465. The monoisotopic (exact) mass is 277 g/mol. The van der Waals surface area contributed by atoms with Gasteiger partial charge < -0.3 is 0 Å². The maximum Gasteiger partial charge on any atom is 0.107 e. The zero-order valence-corrected chi connectivity index (χ0v) is 12.0. The lowest BCUT2D eigenvalue weighted by atomic mass is 10.0. The molecule has 0 amide bonds. The van der Waals surface area contributed by atoms with Gasteiger partial charge in [0.1, 0.15) is 22.0 Å². The normalized spacial score (nSPS) is 27.8. The lowest BCUT2D eigenvalue weighted by molar-refractivity contribution is 0.499. The van der Waals surface area contributed by atoms with E-state index in [0.29, 0.717) is 0 Å². The quantitative estimate of drug-likeness (QED) is 0.858. The maximum absolute atomic E-state index is 12.1. The van der Waals surface area contributed by atoms with Crippen molar-refractivity contribution in [1.82, 2.24) is 4.13 Å². The lowest BCUT2D eigenvalue weighted by Gasteiger charge is -2.24. The van der Waals surface area contributed by atoms with E-state index in [1.807, 2.05) is 0 Å². The van der Waals surface area contributed by atoms with Gasteiger partial charge in [-0.05, 0) is 25.7 Å². The van der Waals surface area contributed by atoms with E-state index in [4.69, 9.17) is 0 Å². The molecule has 2 aliphatic carbocycles. The standard InChI is InChI=1S/C12H23NO2S2/c14-16(11-7-3-1-4-8-11)13-17(15)12-9-5-2-6-10-12/h11-13H,1-10H2. The molecule has 0 saturated heterocycles. The minimum atomic E-state index is -1.09. The Morgan fingerprint density at radius 1 is 0.647 bits per heavy atom. The number of nitrogens with one attached hydrogen (secondary N) is 1. The van der Waals surface area contributed by atoms with Gasteiger partial charge in [0, 0.05) is 0 Å². The van der Waals surface area contributed by atoms with E-state index in [0.717, 1.165) is 25.7 Å². The van der Waals surface area contributed by atoms with Crippen molar-refractivity contribution in [3.05, 3.63) is 0 Å². The van der Waals surface area contributed by atoms with Crippen LogP contribution >= 0.6 is 0 Å². The van der Waals surface area contributed by atoms with Crippen LogP contribution in [-0.2, 0) is 22.0 Å². The van der Waals surface area contributed by atoms with Crippen molar-refractivity contribution in [2.24, 2.45) is 0 Å². The second-order valence-corrected chi connectivity index (χ2v) is 8.39. The Kier molecular flexibility index (Phi) is 5.63. The molecule has 2 aliphatic rings. The number of hydrogen-bond donors (Lipinski definition) is 1. The fourth-order valence-corrected chi connectivity index (χ4v) is 6.03. The molecule has 2 unspecified atom stereocenters. The van der Waals surface area contributed by atoms with Crippen LogP contribution in [0.4, 0.5) is 0 Å². The molecular formula is C12H23NO2S2. The fourth-order valence-electron chi connectivity index (χ4n) is 2.78. The highest BCUT2D eigenvalue weighted by atomic mass is 32.3. The van der Waals surface area contributed by atoms with E-state index < -0.39 is 22.0 Å². The topological polar surface area (TPSA) is 46.2 Å². The van der Waals surface area contributed by atoms with Crippen LogP contribution in [0.15, 0.2) is 0 Å². The Labute approximate surface area is 109 Å². The van der Waals surface area contributed by atoms with Crippen molar-refractivity contribution in [3.63, 3.8) is 0 Å². The van der Waals surface area contributed by atoms with Gasteiger partial charge in [-0.3, -0.25) is 0 Å². The molecule has 0 radical (unpaired) electrons. The van der Waals surface area contributed by atoms with Gasteiger partial charge in [0.2, 0.25) is 0 Å². The van der Waals surface area contributed by atoms with E-state index in [9.17, 15) is 8.42 Å². The highest BCUT2D eigenvalue weighted by molar-refractivity contribution is 7.99. The number of hydrogen-bond acceptors (Lipinski definition) is 2. The second kappa shape index (κ2) is 7.00. The molecule has 5 heteroatoms. The van der Waals surface area contributed by atoms with Gasteiger partial charge in [-0.25, -0.2) is 8.42 Å². The molecule has 2 atom stereocenters. The zero-order chi connectivity index (χ0) is 12.1. The van der Waals surface area contributed by atoms with Crippen LogP contribution in [0.5, 0.6) is 0 Å². The molecule has 17 heavy (non-hydrogen) atoms. The van der Waals surface area contributed by atoms with Gasteiger partial charge in [0.15, 0.2) is 0 Å². The van der Waals surface area contributed by atoms with E-state index >= 15 is 0 Å². The number of rotatable bonds is 4. The van der Waals surface area contributed by atoms with E-state index in [-0.39, 0.29) is 10.5 Å². The predicted octanol–water partition coefficient (Wildman–Crippen LogP) is 2.57. The average Bonchev–Trinajstić information content (AvgIpc) is 2.40. The third-order valence-electron chi connectivity index (χ3n) is 3.87. The van der Waals surface area contributed by atoms with Crippen LogP contribution in [0, 0.1) is 0 Å². The minimum absolute atomic E-state index is 0.233. The van der Waals surface area contributed by atoms with E-state index in [1.165, 1.54) is 38.5 Å². The van der Waals surface area contributed by atoms with Gasteiger partial charge in [-0.15, -0.1) is 0 Å². The summed E-state index contributed by atoms with van der Waals surface area (Å²) in [4.78, 5) is 0. The van der Waals surface area contributed by atoms with Crippen molar-refractivity contribution >= 4 is 22.0 Å². The van der Waals surface area contributed by atoms with Gasteiger partial charge in [-0.2, -0.15) is 4.13 Å². The average molecular weight is 277 g/mol. The smallest absolute Gasteiger partial charge is 0.107 e. The van der Waals surface area contributed by atoms with E-state index in [1.54, 1.807) is 0 Å². The first-order chi connectivity index (χ1) is 8.27.